The van der Waals surface area contributed by atoms with Crippen LogP contribution < -0.4 is 10.5 Å². The standard InChI is InChI=1S/C11H13Cl2NO3/c1-6(5-14)17-11(15)9-7(12)3-4-8(13)10(9)16-2/h3-4,6H,5,14H2,1-2H3. The maximum absolute atomic E-state index is 11.9. The molecule has 1 aromatic carbocycles. The summed E-state index contributed by atoms with van der Waals surface area (Å²) in [5, 5.41) is 0.518. The number of esters is 1. The average Bonchev–Trinajstić information content (AvgIpc) is 2.31. The highest BCUT2D eigenvalue weighted by atomic mass is 35.5. The summed E-state index contributed by atoms with van der Waals surface area (Å²) in [7, 11) is 1.40. The molecule has 0 spiro atoms. The van der Waals surface area contributed by atoms with Crippen molar-refractivity contribution < 1.29 is 14.3 Å². The Balaban J connectivity index is 3.11. The first-order valence-corrected chi connectivity index (χ1v) is 5.69. The summed E-state index contributed by atoms with van der Waals surface area (Å²) in [6, 6.07) is 3.06. The molecule has 0 amide bonds. The van der Waals surface area contributed by atoms with E-state index in [0.29, 0.717) is 5.02 Å². The van der Waals surface area contributed by atoms with Gasteiger partial charge < -0.3 is 15.2 Å². The van der Waals surface area contributed by atoms with E-state index in [1.807, 2.05) is 0 Å². The smallest absolute Gasteiger partial charge is 0.343 e. The van der Waals surface area contributed by atoms with Gasteiger partial charge in [0.05, 0.1) is 17.2 Å². The molecule has 1 aromatic rings. The average molecular weight is 278 g/mol. The second-order valence-corrected chi connectivity index (χ2v) is 4.20. The fraction of sp³-hybridized carbons (Fsp3) is 0.364. The number of hydrogen-bond acceptors (Lipinski definition) is 4. The van der Waals surface area contributed by atoms with Crippen LogP contribution in [0.1, 0.15) is 17.3 Å². The molecule has 0 fully saturated rings. The first-order chi connectivity index (χ1) is 8.01. The van der Waals surface area contributed by atoms with Gasteiger partial charge in [-0.2, -0.15) is 0 Å². The topological polar surface area (TPSA) is 61.5 Å². The summed E-state index contributed by atoms with van der Waals surface area (Å²) in [6.45, 7) is 1.91. The van der Waals surface area contributed by atoms with Crippen LogP contribution in [0.15, 0.2) is 12.1 Å². The van der Waals surface area contributed by atoms with Crippen molar-refractivity contribution in [2.75, 3.05) is 13.7 Å². The minimum atomic E-state index is -0.604. The molecule has 0 saturated carbocycles. The minimum absolute atomic E-state index is 0.113. The maximum Gasteiger partial charge on any atom is 0.343 e. The number of nitrogens with two attached hydrogens (primary N) is 1. The first-order valence-electron chi connectivity index (χ1n) is 4.94. The van der Waals surface area contributed by atoms with Gasteiger partial charge in [0.1, 0.15) is 11.7 Å². The van der Waals surface area contributed by atoms with E-state index in [9.17, 15) is 4.79 Å². The van der Waals surface area contributed by atoms with Gasteiger partial charge in [-0.25, -0.2) is 4.79 Å². The fourth-order valence-electron chi connectivity index (χ4n) is 1.21. The van der Waals surface area contributed by atoms with Crippen molar-refractivity contribution in [1.82, 2.24) is 0 Å². The van der Waals surface area contributed by atoms with E-state index in [2.05, 4.69) is 0 Å². The van der Waals surface area contributed by atoms with Crippen LogP contribution in [0.3, 0.4) is 0 Å². The van der Waals surface area contributed by atoms with E-state index in [1.165, 1.54) is 13.2 Å². The lowest BCUT2D eigenvalue weighted by Gasteiger charge is -2.14. The molecule has 0 radical (unpaired) electrons. The summed E-state index contributed by atoms with van der Waals surface area (Å²) in [5.74, 6) is -0.402. The third kappa shape index (κ3) is 3.25. The number of methoxy groups -OCH3 is 1. The zero-order valence-corrected chi connectivity index (χ0v) is 11.0. The Labute approximate surface area is 110 Å². The lowest BCUT2D eigenvalue weighted by molar-refractivity contribution is 0.0355. The fourth-order valence-corrected chi connectivity index (χ4v) is 1.67. The molecule has 0 aliphatic heterocycles. The largest absolute Gasteiger partial charge is 0.494 e. The first kappa shape index (κ1) is 14.1. The Kier molecular flexibility index (Phi) is 5.05. The summed E-state index contributed by atoms with van der Waals surface area (Å²) in [4.78, 5) is 11.9. The third-order valence-corrected chi connectivity index (χ3v) is 2.72. The number of hydrogen-bond donors (Lipinski definition) is 1. The van der Waals surface area contributed by atoms with Gasteiger partial charge in [-0.05, 0) is 19.1 Å². The third-order valence-electron chi connectivity index (χ3n) is 2.11. The molecule has 0 aromatic heterocycles. The van der Waals surface area contributed by atoms with E-state index >= 15 is 0 Å². The van der Waals surface area contributed by atoms with Crippen LogP contribution in [0, 0.1) is 0 Å². The van der Waals surface area contributed by atoms with E-state index in [0.717, 1.165) is 0 Å². The molecule has 1 atom stereocenters. The van der Waals surface area contributed by atoms with Crippen LogP contribution in [0.5, 0.6) is 5.75 Å². The van der Waals surface area contributed by atoms with Gasteiger partial charge in [0.25, 0.3) is 0 Å². The van der Waals surface area contributed by atoms with Crippen molar-refractivity contribution in [2.45, 2.75) is 13.0 Å². The van der Waals surface area contributed by atoms with Crippen molar-refractivity contribution in [2.24, 2.45) is 5.73 Å². The quantitative estimate of drug-likeness (QED) is 0.859. The molecule has 0 bridgehead atoms. The number of ether oxygens (including phenoxy) is 2. The molecule has 17 heavy (non-hydrogen) atoms. The van der Waals surface area contributed by atoms with Gasteiger partial charge in [-0.15, -0.1) is 0 Å². The van der Waals surface area contributed by atoms with Crippen molar-refractivity contribution in [3.63, 3.8) is 0 Å². The van der Waals surface area contributed by atoms with E-state index in [-0.39, 0.29) is 22.9 Å². The Morgan fingerprint density at radius 3 is 2.53 bits per heavy atom. The highest BCUT2D eigenvalue weighted by Crippen LogP contribution is 2.34. The van der Waals surface area contributed by atoms with Crippen molar-refractivity contribution >= 4 is 29.2 Å². The highest BCUT2D eigenvalue weighted by molar-refractivity contribution is 6.37. The van der Waals surface area contributed by atoms with Crippen molar-refractivity contribution in [3.8, 4) is 5.75 Å². The molecule has 1 rings (SSSR count). The second-order valence-electron chi connectivity index (χ2n) is 3.39. The SMILES string of the molecule is COc1c(Cl)ccc(Cl)c1C(=O)OC(C)CN. The Morgan fingerprint density at radius 1 is 1.41 bits per heavy atom. The van der Waals surface area contributed by atoms with Gasteiger partial charge in [0.15, 0.2) is 5.75 Å². The molecular formula is C11H13Cl2NO3. The number of carbonyl (C=O) groups is 1. The summed E-state index contributed by atoms with van der Waals surface area (Å²) < 4.78 is 10.1. The summed E-state index contributed by atoms with van der Waals surface area (Å²) in [5.41, 5.74) is 5.48. The van der Waals surface area contributed by atoms with Crippen molar-refractivity contribution in [1.29, 1.82) is 0 Å². The van der Waals surface area contributed by atoms with E-state index in [4.69, 9.17) is 38.4 Å². The van der Waals surface area contributed by atoms with E-state index < -0.39 is 12.1 Å². The molecular weight excluding hydrogens is 265 g/mol. The Morgan fingerprint density at radius 2 is 2.00 bits per heavy atom. The number of carbonyl (C=O) groups excluding carboxylic acids is 1. The number of rotatable bonds is 4. The molecule has 0 aliphatic rings. The molecule has 0 heterocycles. The zero-order valence-electron chi connectivity index (χ0n) is 9.50. The van der Waals surface area contributed by atoms with Gasteiger partial charge in [-0.3, -0.25) is 0 Å². The lowest BCUT2D eigenvalue weighted by Crippen LogP contribution is -2.24. The van der Waals surface area contributed by atoms with Gasteiger partial charge >= 0.3 is 5.97 Å². The van der Waals surface area contributed by atoms with Crippen molar-refractivity contribution in [3.05, 3.63) is 27.7 Å². The van der Waals surface area contributed by atoms with Gasteiger partial charge in [0.2, 0.25) is 0 Å². The predicted molar refractivity (Wildman–Crippen MR) is 66.9 cm³/mol. The maximum atomic E-state index is 11.9. The van der Waals surface area contributed by atoms with Crippen LogP contribution in [-0.2, 0) is 4.74 Å². The van der Waals surface area contributed by atoms with Crippen LogP contribution >= 0.6 is 23.2 Å². The lowest BCUT2D eigenvalue weighted by atomic mass is 10.2. The molecule has 1 unspecified atom stereocenters. The second kappa shape index (κ2) is 6.10. The monoisotopic (exact) mass is 277 g/mol. The number of halogens is 2. The Hall–Kier alpha value is -0.970. The molecule has 94 valence electrons. The minimum Gasteiger partial charge on any atom is -0.494 e. The number of benzene rings is 1. The van der Waals surface area contributed by atoms with Crippen LogP contribution in [0.25, 0.3) is 0 Å². The molecule has 2 N–H and O–H groups in total. The van der Waals surface area contributed by atoms with Crippen LogP contribution in [0.2, 0.25) is 10.0 Å². The zero-order chi connectivity index (χ0) is 13.0. The van der Waals surface area contributed by atoms with Crippen LogP contribution in [0.4, 0.5) is 0 Å². The highest BCUT2D eigenvalue weighted by Gasteiger charge is 2.22. The normalized spacial score (nSPS) is 12.1. The predicted octanol–water partition coefficient (Wildman–Crippen LogP) is 2.51. The summed E-state index contributed by atoms with van der Waals surface area (Å²) in [6.07, 6.45) is -0.401. The van der Waals surface area contributed by atoms with Gasteiger partial charge in [-0.1, -0.05) is 23.2 Å². The Bertz CT molecular complexity index is 423. The van der Waals surface area contributed by atoms with E-state index in [1.54, 1.807) is 13.0 Å². The molecule has 0 saturated heterocycles. The van der Waals surface area contributed by atoms with Crippen LogP contribution in [-0.4, -0.2) is 25.7 Å². The molecule has 0 aliphatic carbocycles. The summed E-state index contributed by atoms with van der Waals surface area (Å²) >= 11 is 11.8. The molecule has 6 heteroatoms. The molecule has 4 nitrogen and oxygen atoms in total. The van der Waals surface area contributed by atoms with Gasteiger partial charge in [0, 0.05) is 6.54 Å².